The number of aliphatic imine (C=N–C) groups is 1. The van der Waals surface area contributed by atoms with Gasteiger partial charge in [-0.15, -0.1) is 4.99 Å². The number of nitrogens with one attached hydrogen (secondary N) is 1. The van der Waals surface area contributed by atoms with Crippen LogP contribution < -0.4 is 15.0 Å². The van der Waals surface area contributed by atoms with Gasteiger partial charge in [0.15, 0.2) is 0 Å². The number of ether oxygens (including phenoxy) is 1. The number of benzene rings is 2. The van der Waals surface area contributed by atoms with Crippen LogP contribution in [-0.4, -0.2) is 44.1 Å². The Kier molecular flexibility index (Phi) is 6.23. The molecule has 0 spiro atoms. The maximum atomic E-state index is 14.7. The lowest BCUT2D eigenvalue weighted by atomic mass is 10.2. The number of halogens is 1. The Bertz CT molecular complexity index is 834. The molecule has 1 saturated heterocycles. The van der Waals surface area contributed by atoms with Crippen molar-refractivity contribution in [2.45, 2.75) is 6.42 Å². The van der Waals surface area contributed by atoms with Crippen LogP contribution in [0.1, 0.15) is 6.42 Å². The van der Waals surface area contributed by atoms with E-state index in [9.17, 15) is 4.39 Å². The molecule has 0 unspecified atom stereocenters. The summed E-state index contributed by atoms with van der Waals surface area (Å²) in [6.07, 6.45) is 2.69. The summed E-state index contributed by atoms with van der Waals surface area (Å²) in [4.78, 5) is 7.94. The first kappa shape index (κ1) is 18.7. The Balaban J connectivity index is 1.72. The van der Waals surface area contributed by atoms with Crippen LogP contribution >= 0.6 is 0 Å². The standard InChI is InChI=1S/C20H22FN5O/c1-25-10-5-11-26(13-12-25)19-9-8-16(14-18(19)21)24-20(23-15-22)27-17-6-3-2-4-7-17/h2-4,6-9,14H,5,10-13H2,1H3,(H,23,24). The first-order valence-electron chi connectivity index (χ1n) is 8.85. The maximum Gasteiger partial charge on any atom is 0.310 e. The fourth-order valence-electron chi connectivity index (χ4n) is 2.97. The summed E-state index contributed by atoms with van der Waals surface area (Å²) in [5.74, 6) is 0.213. The molecule has 6 nitrogen and oxygen atoms in total. The van der Waals surface area contributed by atoms with Gasteiger partial charge in [0, 0.05) is 25.3 Å². The third kappa shape index (κ3) is 5.19. The van der Waals surface area contributed by atoms with Crippen LogP contribution in [0, 0.1) is 17.3 Å². The fraction of sp³-hybridized carbons (Fsp3) is 0.300. The lowest BCUT2D eigenvalue weighted by molar-refractivity contribution is 0.360. The lowest BCUT2D eigenvalue weighted by Crippen LogP contribution is -2.29. The van der Waals surface area contributed by atoms with Gasteiger partial charge >= 0.3 is 6.02 Å². The van der Waals surface area contributed by atoms with E-state index in [0.717, 1.165) is 32.6 Å². The van der Waals surface area contributed by atoms with Crippen molar-refractivity contribution in [2.75, 3.05) is 43.4 Å². The van der Waals surface area contributed by atoms with Crippen molar-refractivity contribution in [1.82, 2.24) is 4.90 Å². The van der Waals surface area contributed by atoms with Gasteiger partial charge in [0.1, 0.15) is 11.6 Å². The van der Waals surface area contributed by atoms with E-state index in [4.69, 9.17) is 10.00 Å². The van der Waals surface area contributed by atoms with Gasteiger partial charge < -0.3 is 19.9 Å². The molecule has 0 amide bonds. The van der Waals surface area contributed by atoms with Crippen LogP contribution in [0.4, 0.5) is 15.8 Å². The van der Waals surface area contributed by atoms with E-state index in [1.807, 2.05) is 18.2 Å². The number of amidine groups is 1. The van der Waals surface area contributed by atoms with Gasteiger partial charge in [0.2, 0.25) is 6.19 Å². The molecule has 27 heavy (non-hydrogen) atoms. The molecule has 140 valence electrons. The van der Waals surface area contributed by atoms with Crippen molar-refractivity contribution in [2.24, 2.45) is 4.99 Å². The number of hydrogen-bond donors (Lipinski definition) is 1. The first-order chi connectivity index (χ1) is 13.2. The SMILES string of the molecule is CN1CCCN(c2ccc(N/C(=N/C#N)Oc3ccccc3)cc2F)CC1. The number of rotatable bonds is 3. The van der Waals surface area contributed by atoms with Crippen LogP contribution in [0.15, 0.2) is 53.5 Å². The highest BCUT2D eigenvalue weighted by molar-refractivity contribution is 5.91. The third-order valence-corrected chi connectivity index (χ3v) is 4.37. The quantitative estimate of drug-likeness (QED) is 0.512. The first-order valence-corrected chi connectivity index (χ1v) is 8.85. The van der Waals surface area contributed by atoms with E-state index in [1.165, 1.54) is 6.07 Å². The predicted molar refractivity (Wildman–Crippen MR) is 104 cm³/mol. The highest BCUT2D eigenvalue weighted by Crippen LogP contribution is 2.24. The summed E-state index contributed by atoms with van der Waals surface area (Å²) >= 11 is 0. The Labute approximate surface area is 158 Å². The summed E-state index contributed by atoms with van der Waals surface area (Å²) in [5, 5.41) is 11.7. The number of hydrogen-bond acceptors (Lipinski definition) is 5. The Morgan fingerprint density at radius 3 is 2.70 bits per heavy atom. The minimum atomic E-state index is -0.319. The van der Waals surface area contributed by atoms with Gasteiger partial charge in [0.25, 0.3) is 0 Å². The predicted octanol–water partition coefficient (Wildman–Crippen LogP) is 3.30. The van der Waals surface area contributed by atoms with Gasteiger partial charge in [-0.05, 0) is 50.3 Å². The molecule has 1 fully saturated rings. The maximum absolute atomic E-state index is 14.7. The number of nitriles is 1. The zero-order chi connectivity index (χ0) is 19.1. The number of likely N-dealkylation sites (N-methyl/N-ethyl adjacent to an activating group) is 1. The number of nitrogens with zero attached hydrogens (tertiary/aromatic N) is 4. The van der Waals surface area contributed by atoms with Gasteiger partial charge in [-0.1, -0.05) is 18.2 Å². The molecule has 1 aliphatic rings. The second kappa shape index (κ2) is 9.01. The second-order valence-corrected chi connectivity index (χ2v) is 6.37. The van der Waals surface area contributed by atoms with E-state index < -0.39 is 0 Å². The Hall–Kier alpha value is -3.11. The van der Waals surface area contributed by atoms with Crippen molar-refractivity contribution in [3.05, 3.63) is 54.3 Å². The van der Waals surface area contributed by atoms with Crippen LogP contribution in [0.25, 0.3) is 0 Å². The molecule has 0 atom stereocenters. The van der Waals surface area contributed by atoms with Crippen molar-refractivity contribution in [1.29, 1.82) is 5.26 Å². The monoisotopic (exact) mass is 367 g/mol. The fourth-order valence-corrected chi connectivity index (χ4v) is 2.97. The third-order valence-electron chi connectivity index (χ3n) is 4.37. The molecule has 1 N–H and O–H groups in total. The topological polar surface area (TPSA) is 63.9 Å². The van der Waals surface area contributed by atoms with E-state index in [0.29, 0.717) is 17.1 Å². The molecule has 0 saturated carbocycles. The van der Waals surface area contributed by atoms with Crippen molar-refractivity contribution in [3.8, 4) is 11.9 Å². The van der Waals surface area contributed by atoms with Gasteiger partial charge in [-0.2, -0.15) is 5.26 Å². The van der Waals surface area contributed by atoms with E-state index in [1.54, 1.807) is 30.5 Å². The molecule has 0 radical (unpaired) electrons. The highest BCUT2D eigenvalue weighted by Gasteiger charge is 2.16. The highest BCUT2D eigenvalue weighted by atomic mass is 19.1. The molecular weight excluding hydrogens is 345 g/mol. The Morgan fingerprint density at radius 2 is 1.96 bits per heavy atom. The molecule has 2 aromatic rings. The molecule has 1 aliphatic heterocycles. The average molecular weight is 367 g/mol. The van der Waals surface area contributed by atoms with E-state index >= 15 is 0 Å². The molecule has 3 rings (SSSR count). The van der Waals surface area contributed by atoms with Crippen molar-refractivity contribution in [3.63, 3.8) is 0 Å². The molecule has 0 aromatic heterocycles. The van der Waals surface area contributed by atoms with Crippen LogP contribution in [0.2, 0.25) is 0 Å². The van der Waals surface area contributed by atoms with Gasteiger partial charge in [0.05, 0.1) is 5.69 Å². The number of para-hydroxylation sites is 1. The molecule has 0 bridgehead atoms. The van der Waals surface area contributed by atoms with Crippen LogP contribution in [-0.2, 0) is 0 Å². The average Bonchev–Trinajstić information content (AvgIpc) is 2.87. The summed E-state index contributed by atoms with van der Waals surface area (Å²) in [6, 6.07) is 13.9. The minimum absolute atomic E-state index is 0.00718. The smallest absolute Gasteiger partial charge is 0.310 e. The van der Waals surface area contributed by atoms with Gasteiger partial charge in [-0.25, -0.2) is 4.39 Å². The zero-order valence-corrected chi connectivity index (χ0v) is 15.2. The van der Waals surface area contributed by atoms with E-state index in [-0.39, 0.29) is 11.8 Å². The lowest BCUT2D eigenvalue weighted by Gasteiger charge is -2.23. The van der Waals surface area contributed by atoms with Crippen molar-refractivity contribution >= 4 is 17.4 Å². The largest absolute Gasteiger partial charge is 0.425 e. The molecular formula is C20H22FN5O. The summed E-state index contributed by atoms with van der Waals surface area (Å²) in [5.41, 5.74) is 1.05. The Morgan fingerprint density at radius 1 is 1.15 bits per heavy atom. The van der Waals surface area contributed by atoms with Crippen LogP contribution in [0.5, 0.6) is 5.75 Å². The van der Waals surface area contributed by atoms with Crippen LogP contribution in [0.3, 0.4) is 0 Å². The molecule has 2 aromatic carbocycles. The molecule has 7 heteroatoms. The number of anilines is 2. The summed E-state index contributed by atoms with van der Waals surface area (Å²) in [7, 11) is 2.08. The van der Waals surface area contributed by atoms with E-state index in [2.05, 4.69) is 27.2 Å². The van der Waals surface area contributed by atoms with Gasteiger partial charge in [-0.3, -0.25) is 0 Å². The summed E-state index contributed by atoms with van der Waals surface area (Å²) in [6.45, 7) is 3.54. The molecule has 1 heterocycles. The van der Waals surface area contributed by atoms with Crippen molar-refractivity contribution < 1.29 is 9.13 Å². The summed E-state index contributed by atoms with van der Waals surface area (Å²) < 4.78 is 20.2. The molecule has 0 aliphatic carbocycles. The zero-order valence-electron chi connectivity index (χ0n) is 15.2. The minimum Gasteiger partial charge on any atom is -0.425 e. The second-order valence-electron chi connectivity index (χ2n) is 6.37. The normalized spacial score (nSPS) is 15.7.